The summed E-state index contributed by atoms with van der Waals surface area (Å²) in [6.07, 6.45) is 6.32. The van der Waals surface area contributed by atoms with E-state index in [2.05, 4.69) is 61.9 Å². The zero-order valence-electron chi connectivity index (χ0n) is 15.1. The Labute approximate surface area is 155 Å². The smallest absolute Gasteiger partial charge is 0.134 e. The fourth-order valence-corrected chi connectivity index (χ4v) is 3.75. The highest BCUT2D eigenvalue weighted by Crippen LogP contribution is 2.25. The minimum atomic E-state index is 0.483. The maximum atomic E-state index is 5.42. The van der Waals surface area contributed by atoms with E-state index in [1.54, 1.807) is 6.33 Å². The van der Waals surface area contributed by atoms with Gasteiger partial charge < -0.3 is 20.3 Å². The van der Waals surface area contributed by atoms with E-state index in [4.69, 9.17) is 4.74 Å². The Bertz CT molecular complexity index is 682. The Morgan fingerprint density at radius 1 is 0.885 bits per heavy atom. The predicted molar refractivity (Wildman–Crippen MR) is 105 cm³/mol. The summed E-state index contributed by atoms with van der Waals surface area (Å²) in [6, 6.07) is 13.6. The van der Waals surface area contributed by atoms with Gasteiger partial charge in [-0.1, -0.05) is 18.2 Å². The molecule has 1 saturated heterocycles. The predicted octanol–water partition coefficient (Wildman–Crippen LogP) is 3.15. The topological polar surface area (TPSA) is 62.3 Å². The van der Waals surface area contributed by atoms with Crippen molar-refractivity contribution < 1.29 is 4.74 Å². The fraction of sp³-hybridized carbons (Fsp3) is 0.500. The quantitative estimate of drug-likeness (QED) is 0.861. The molecule has 1 aromatic carbocycles. The molecule has 0 spiro atoms. The van der Waals surface area contributed by atoms with Crippen molar-refractivity contribution in [1.82, 2.24) is 9.97 Å². The molecular formula is C20H27N5O. The molecule has 0 amide bonds. The summed E-state index contributed by atoms with van der Waals surface area (Å²) in [7, 11) is 0. The number of nitrogens with zero attached hydrogens (tertiary/aromatic N) is 3. The highest BCUT2D eigenvalue weighted by Gasteiger charge is 2.21. The van der Waals surface area contributed by atoms with Crippen molar-refractivity contribution in [2.75, 3.05) is 41.8 Å². The molecular weight excluding hydrogens is 326 g/mol. The molecule has 26 heavy (non-hydrogen) atoms. The zero-order valence-corrected chi connectivity index (χ0v) is 15.1. The first kappa shape index (κ1) is 17.1. The first-order chi connectivity index (χ1) is 12.9. The summed E-state index contributed by atoms with van der Waals surface area (Å²) in [5.74, 6) is 1.92. The summed E-state index contributed by atoms with van der Waals surface area (Å²) >= 11 is 0. The van der Waals surface area contributed by atoms with Gasteiger partial charge in [0.15, 0.2) is 0 Å². The zero-order chi connectivity index (χ0) is 17.6. The molecule has 2 aliphatic rings. The van der Waals surface area contributed by atoms with Crippen LogP contribution in [0, 0.1) is 0 Å². The molecule has 0 bridgehead atoms. The van der Waals surface area contributed by atoms with E-state index < -0.39 is 0 Å². The summed E-state index contributed by atoms with van der Waals surface area (Å²) in [6.45, 7) is 3.33. The highest BCUT2D eigenvalue weighted by atomic mass is 16.5. The molecule has 1 aliphatic carbocycles. The molecule has 1 aromatic heterocycles. The largest absolute Gasteiger partial charge is 0.382 e. The van der Waals surface area contributed by atoms with Crippen molar-refractivity contribution in [1.29, 1.82) is 0 Å². The van der Waals surface area contributed by atoms with E-state index in [0.717, 1.165) is 50.8 Å². The second-order valence-corrected chi connectivity index (χ2v) is 7.06. The van der Waals surface area contributed by atoms with Gasteiger partial charge in [0.25, 0.3) is 0 Å². The Kier molecular flexibility index (Phi) is 5.50. The average molecular weight is 353 g/mol. The standard InChI is InChI=1S/C20H27N5O/c1-2-4-16(5-3-1)23-17-6-8-18(9-7-17)24-19-14-20(22-15-21-19)25-10-12-26-13-11-25/h1-5,14-15,17-18,23H,6-13H2,(H,21,22,24). The fourth-order valence-electron chi connectivity index (χ4n) is 3.75. The van der Waals surface area contributed by atoms with Gasteiger partial charge in [0.05, 0.1) is 13.2 Å². The van der Waals surface area contributed by atoms with Gasteiger partial charge in [-0.25, -0.2) is 9.97 Å². The SMILES string of the molecule is c1ccc(NC2CCC(Nc3cc(N4CCOCC4)ncn3)CC2)cc1. The molecule has 1 saturated carbocycles. The van der Waals surface area contributed by atoms with Crippen LogP contribution in [-0.2, 0) is 4.74 Å². The van der Waals surface area contributed by atoms with Crippen LogP contribution in [0.2, 0.25) is 0 Å². The number of hydrogen-bond donors (Lipinski definition) is 2. The number of benzene rings is 1. The number of anilines is 3. The van der Waals surface area contributed by atoms with Crippen LogP contribution in [0.4, 0.5) is 17.3 Å². The first-order valence-electron chi connectivity index (χ1n) is 9.60. The summed E-state index contributed by atoms with van der Waals surface area (Å²) in [5, 5.41) is 7.25. The third-order valence-corrected chi connectivity index (χ3v) is 5.21. The lowest BCUT2D eigenvalue weighted by Gasteiger charge is -2.31. The number of rotatable bonds is 5. The second kappa shape index (κ2) is 8.36. The van der Waals surface area contributed by atoms with Crippen molar-refractivity contribution in [3.63, 3.8) is 0 Å². The molecule has 2 fully saturated rings. The molecule has 4 rings (SSSR count). The minimum absolute atomic E-state index is 0.483. The summed E-state index contributed by atoms with van der Waals surface area (Å²) in [4.78, 5) is 11.1. The van der Waals surface area contributed by atoms with Crippen molar-refractivity contribution in [2.45, 2.75) is 37.8 Å². The third kappa shape index (κ3) is 4.43. The number of aromatic nitrogens is 2. The van der Waals surface area contributed by atoms with Crippen LogP contribution in [0.15, 0.2) is 42.7 Å². The van der Waals surface area contributed by atoms with Crippen LogP contribution in [0.25, 0.3) is 0 Å². The van der Waals surface area contributed by atoms with Crippen molar-refractivity contribution in [3.8, 4) is 0 Å². The molecule has 0 unspecified atom stereocenters. The molecule has 2 aromatic rings. The van der Waals surface area contributed by atoms with Gasteiger partial charge in [0.2, 0.25) is 0 Å². The molecule has 2 N–H and O–H groups in total. The van der Waals surface area contributed by atoms with Gasteiger partial charge in [-0.3, -0.25) is 0 Å². The molecule has 0 radical (unpaired) electrons. The van der Waals surface area contributed by atoms with E-state index in [1.165, 1.54) is 18.5 Å². The van der Waals surface area contributed by atoms with Crippen LogP contribution >= 0.6 is 0 Å². The second-order valence-electron chi connectivity index (χ2n) is 7.06. The monoisotopic (exact) mass is 353 g/mol. The number of morpholine rings is 1. The van der Waals surface area contributed by atoms with E-state index in [0.29, 0.717) is 12.1 Å². The lowest BCUT2D eigenvalue weighted by Crippen LogP contribution is -2.37. The Morgan fingerprint density at radius 2 is 1.58 bits per heavy atom. The van der Waals surface area contributed by atoms with E-state index in [9.17, 15) is 0 Å². The molecule has 138 valence electrons. The van der Waals surface area contributed by atoms with E-state index in [1.807, 2.05) is 0 Å². The number of para-hydroxylation sites is 1. The Morgan fingerprint density at radius 3 is 2.31 bits per heavy atom. The summed E-state index contributed by atoms with van der Waals surface area (Å²) in [5.41, 5.74) is 1.22. The van der Waals surface area contributed by atoms with Crippen LogP contribution < -0.4 is 15.5 Å². The van der Waals surface area contributed by atoms with Crippen LogP contribution in [-0.4, -0.2) is 48.4 Å². The van der Waals surface area contributed by atoms with Crippen molar-refractivity contribution in [2.24, 2.45) is 0 Å². The van der Waals surface area contributed by atoms with Gasteiger partial charge in [-0.2, -0.15) is 0 Å². The van der Waals surface area contributed by atoms with Crippen LogP contribution in [0.3, 0.4) is 0 Å². The van der Waals surface area contributed by atoms with E-state index >= 15 is 0 Å². The number of hydrogen-bond acceptors (Lipinski definition) is 6. The van der Waals surface area contributed by atoms with Crippen LogP contribution in [0.1, 0.15) is 25.7 Å². The summed E-state index contributed by atoms with van der Waals surface area (Å²) < 4.78 is 5.42. The lowest BCUT2D eigenvalue weighted by atomic mass is 9.91. The number of nitrogens with one attached hydrogen (secondary N) is 2. The highest BCUT2D eigenvalue weighted by molar-refractivity contribution is 5.49. The normalized spacial score (nSPS) is 23.5. The minimum Gasteiger partial charge on any atom is -0.382 e. The van der Waals surface area contributed by atoms with E-state index in [-0.39, 0.29) is 0 Å². The number of ether oxygens (including phenoxy) is 1. The lowest BCUT2D eigenvalue weighted by molar-refractivity contribution is 0.122. The Balaban J connectivity index is 1.29. The average Bonchev–Trinajstić information content (AvgIpc) is 2.71. The Hall–Kier alpha value is -2.34. The van der Waals surface area contributed by atoms with Gasteiger partial charge in [0, 0.05) is 36.9 Å². The molecule has 0 atom stereocenters. The van der Waals surface area contributed by atoms with Gasteiger partial charge in [-0.15, -0.1) is 0 Å². The maximum Gasteiger partial charge on any atom is 0.134 e. The first-order valence-corrected chi connectivity index (χ1v) is 9.60. The van der Waals surface area contributed by atoms with Gasteiger partial charge in [-0.05, 0) is 37.8 Å². The third-order valence-electron chi connectivity index (χ3n) is 5.21. The van der Waals surface area contributed by atoms with Gasteiger partial charge >= 0.3 is 0 Å². The molecule has 6 heteroatoms. The van der Waals surface area contributed by atoms with Crippen molar-refractivity contribution >= 4 is 17.3 Å². The molecule has 1 aliphatic heterocycles. The van der Waals surface area contributed by atoms with Crippen molar-refractivity contribution in [3.05, 3.63) is 42.7 Å². The molecule has 2 heterocycles. The maximum absolute atomic E-state index is 5.42. The molecule has 6 nitrogen and oxygen atoms in total. The van der Waals surface area contributed by atoms with Gasteiger partial charge in [0.1, 0.15) is 18.0 Å². The van der Waals surface area contributed by atoms with Crippen LogP contribution in [0.5, 0.6) is 0 Å².